The van der Waals surface area contributed by atoms with Gasteiger partial charge in [-0.25, -0.2) is 4.39 Å². The van der Waals surface area contributed by atoms with Gasteiger partial charge in [0.2, 0.25) is 0 Å². The summed E-state index contributed by atoms with van der Waals surface area (Å²) in [5.41, 5.74) is 6.24. The van der Waals surface area contributed by atoms with Crippen LogP contribution in [0.15, 0.2) is 53.6 Å². The fraction of sp³-hybridized carbons (Fsp3) is 0.485. The third-order valence-corrected chi connectivity index (χ3v) is 8.75. The molecule has 0 aliphatic heterocycles. The normalized spacial score (nSPS) is 27.5. The molecule has 0 N–H and O–H groups in total. The van der Waals surface area contributed by atoms with E-state index in [-0.39, 0.29) is 17.5 Å². The Bertz CT molecular complexity index is 1190. The smallest absolute Gasteiger partial charge is 0.166 e. The average molecular weight is 487 g/mol. The van der Waals surface area contributed by atoms with Crippen molar-refractivity contribution in [2.75, 3.05) is 0 Å². The van der Waals surface area contributed by atoms with Crippen LogP contribution in [-0.2, 0) is 12.8 Å². The molecule has 5 rings (SSSR count). The van der Waals surface area contributed by atoms with E-state index in [1.54, 1.807) is 6.07 Å². The highest BCUT2D eigenvalue weighted by Crippen LogP contribution is 2.37. The zero-order valence-corrected chi connectivity index (χ0v) is 22.0. The van der Waals surface area contributed by atoms with Crippen molar-refractivity contribution >= 4 is 11.9 Å². The number of ether oxygens (including phenoxy) is 1. The Morgan fingerprint density at radius 2 is 1.94 bits per heavy atom. The fourth-order valence-electron chi connectivity index (χ4n) is 6.38. The molecular formula is C33H39FO2. The highest BCUT2D eigenvalue weighted by atomic mass is 19.1. The third-order valence-electron chi connectivity index (χ3n) is 8.75. The molecule has 3 aliphatic rings. The molecule has 0 radical (unpaired) electrons. The minimum atomic E-state index is -0.183. The van der Waals surface area contributed by atoms with E-state index in [1.165, 1.54) is 17.6 Å². The average Bonchev–Trinajstić information content (AvgIpc) is 3.51. The molecule has 3 aliphatic carbocycles. The van der Waals surface area contributed by atoms with Gasteiger partial charge in [0.15, 0.2) is 5.78 Å². The summed E-state index contributed by atoms with van der Waals surface area (Å²) in [6.07, 6.45) is 13.5. The fourth-order valence-corrected chi connectivity index (χ4v) is 6.38. The van der Waals surface area contributed by atoms with Crippen LogP contribution in [0.3, 0.4) is 0 Å². The van der Waals surface area contributed by atoms with E-state index in [1.807, 2.05) is 30.3 Å². The molecule has 3 heteroatoms. The van der Waals surface area contributed by atoms with E-state index in [0.29, 0.717) is 24.0 Å². The topological polar surface area (TPSA) is 26.3 Å². The van der Waals surface area contributed by atoms with Crippen LogP contribution in [0.4, 0.5) is 4.39 Å². The molecule has 190 valence electrons. The second kappa shape index (κ2) is 10.7. The first-order valence-corrected chi connectivity index (χ1v) is 13.8. The van der Waals surface area contributed by atoms with Crippen molar-refractivity contribution in [3.05, 3.63) is 81.7 Å². The predicted molar refractivity (Wildman–Crippen MR) is 145 cm³/mol. The van der Waals surface area contributed by atoms with Gasteiger partial charge in [-0.2, -0.15) is 0 Å². The number of hydrogen-bond donors (Lipinski definition) is 0. The van der Waals surface area contributed by atoms with Crippen LogP contribution in [0.2, 0.25) is 0 Å². The molecule has 2 aromatic carbocycles. The molecule has 2 nitrogen and oxygen atoms in total. The number of rotatable bonds is 6. The maximum atomic E-state index is 15.0. The Labute approximate surface area is 215 Å². The molecule has 2 fully saturated rings. The molecule has 36 heavy (non-hydrogen) atoms. The van der Waals surface area contributed by atoms with Gasteiger partial charge in [-0.1, -0.05) is 42.4 Å². The van der Waals surface area contributed by atoms with Gasteiger partial charge in [0, 0.05) is 17.0 Å². The van der Waals surface area contributed by atoms with Gasteiger partial charge < -0.3 is 4.74 Å². The number of hydrogen-bond acceptors (Lipinski definition) is 2. The number of Topliss-reactive ketones (excluding diaryl/α,β-unsaturated/α-hetero) is 1. The van der Waals surface area contributed by atoms with Gasteiger partial charge in [-0.05, 0) is 119 Å². The summed E-state index contributed by atoms with van der Waals surface area (Å²) in [6.45, 7) is 6.56. The van der Waals surface area contributed by atoms with E-state index in [2.05, 4.69) is 32.9 Å². The van der Waals surface area contributed by atoms with Crippen molar-refractivity contribution in [1.29, 1.82) is 0 Å². The highest BCUT2D eigenvalue weighted by Gasteiger charge is 2.29. The first kappa shape index (κ1) is 25.0. The standard InChI is InChI=1S/C33H39FO2/c1-4-22(3)25-8-6-23(16-25)17-27-9-7-24(19-32(27)34)18-28-11-10-26-20-30(13-14-31(26)33(28)35)36-29-12-5-21(2)15-29/h4,7,9,13-14,17,19-21,25,28-29H,5-6,8,10-12,15-16,18H2,1-3H3/b22-4?,23-17+/t21?,25-,28?,29?/m1/s1. The van der Waals surface area contributed by atoms with Crippen molar-refractivity contribution in [2.24, 2.45) is 17.8 Å². The van der Waals surface area contributed by atoms with Crippen LogP contribution in [0.1, 0.15) is 92.8 Å². The van der Waals surface area contributed by atoms with Crippen molar-refractivity contribution in [1.82, 2.24) is 0 Å². The zero-order chi connectivity index (χ0) is 25.2. The lowest BCUT2D eigenvalue weighted by Crippen LogP contribution is -2.24. The van der Waals surface area contributed by atoms with Gasteiger partial charge in [0.05, 0.1) is 6.10 Å². The quantitative estimate of drug-likeness (QED) is 0.382. The summed E-state index contributed by atoms with van der Waals surface area (Å²) in [4.78, 5) is 13.3. The highest BCUT2D eigenvalue weighted by molar-refractivity contribution is 6.00. The first-order chi connectivity index (χ1) is 17.4. The van der Waals surface area contributed by atoms with Crippen molar-refractivity contribution in [3.63, 3.8) is 0 Å². The third kappa shape index (κ3) is 5.51. The molecule has 0 amide bonds. The van der Waals surface area contributed by atoms with Gasteiger partial charge in [-0.15, -0.1) is 0 Å². The van der Waals surface area contributed by atoms with Crippen molar-refractivity contribution in [2.45, 2.75) is 84.7 Å². The number of benzene rings is 2. The largest absolute Gasteiger partial charge is 0.490 e. The summed E-state index contributed by atoms with van der Waals surface area (Å²) < 4.78 is 21.2. The van der Waals surface area contributed by atoms with Crippen LogP contribution >= 0.6 is 0 Å². The van der Waals surface area contributed by atoms with Crippen molar-refractivity contribution in [3.8, 4) is 5.75 Å². The van der Waals surface area contributed by atoms with Crippen LogP contribution in [0.25, 0.3) is 6.08 Å². The minimum absolute atomic E-state index is 0.0945. The van der Waals surface area contributed by atoms with Gasteiger partial charge in [0.1, 0.15) is 11.6 Å². The number of halogens is 1. The van der Waals surface area contributed by atoms with Crippen LogP contribution in [0.5, 0.6) is 5.75 Å². The van der Waals surface area contributed by atoms with E-state index in [9.17, 15) is 9.18 Å². The number of allylic oxidation sites excluding steroid dienone is 3. The monoisotopic (exact) mass is 486 g/mol. The van der Waals surface area contributed by atoms with Gasteiger partial charge in [0.25, 0.3) is 0 Å². The van der Waals surface area contributed by atoms with Crippen molar-refractivity contribution < 1.29 is 13.9 Å². The lowest BCUT2D eigenvalue weighted by molar-refractivity contribution is 0.0901. The molecule has 0 heterocycles. The minimum Gasteiger partial charge on any atom is -0.490 e. The number of carbonyl (C=O) groups excluding carboxylic acids is 1. The lowest BCUT2D eigenvalue weighted by atomic mass is 9.79. The zero-order valence-electron chi connectivity index (χ0n) is 22.0. The molecule has 2 aromatic rings. The summed E-state index contributed by atoms with van der Waals surface area (Å²) in [5, 5.41) is 0. The first-order valence-electron chi connectivity index (χ1n) is 13.8. The maximum Gasteiger partial charge on any atom is 0.166 e. The van der Waals surface area contributed by atoms with Gasteiger partial charge >= 0.3 is 0 Å². The van der Waals surface area contributed by atoms with E-state index in [4.69, 9.17) is 4.74 Å². The SMILES string of the molecule is CC=C(C)[C@@H]1CC/C(=C\c2ccc(CC3CCc4cc(OC5CCC(C)C5)ccc4C3=O)cc2F)C1. The van der Waals surface area contributed by atoms with Crippen LogP contribution < -0.4 is 4.74 Å². The molecular weight excluding hydrogens is 447 g/mol. The molecule has 0 aromatic heterocycles. The lowest BCUT2D eigenvalue weighted by Gasteiger charge is -2.24. The van der Waals surface area contributed by atoms with Crippen LogP contribution in [-0.4, -0.2) is 11.9 Å². The van der Waals surface area contributed by atoms with E-state index < -0.39 is 0 Å². The van der Waals surface area contributed by atoms with Crippen LogP contribution in [0, 0.1) is 23.6 Å². The Hall–Kier alpha value is -2.68. The van der Waals surface area contributed by atoms with Gasteiger partial charge in [-0.3, -0.25) is 4.79 Å². The second-order valence-electron chi connectivity index (χ2n) is 11.4. The Morgan fingerprint density at radius 3 is 2.69 bits per heavy atom. The molecule has 0 bridgehead atoms. The van der Waals surface area contributed by atoms with E-state index >= 15 is 0 Å². The summed E-state index contributed by atoms with van der Waals surface area (Å²) in [7, 11) is 0. The summed E-state index contributed by atoms with van der Waals surface area (Å²) >= 11 is 0. The number of fused-ring (bicyclic) bond motifs is 1. The molecule has 3 unspecified atom stereocenters. The maximum absolute atomic E-state index is 15.0. The molecule has 4 atom stereocenters. The second-order valence-corrected chi connectivity index (χ2v) is 11.4. The Morgan fingerprint density at radius 1 is 1.08 bits per heavy atom. The van der Waals surface area contributed by atoms with E-state index in [0.717, 1.165) is 73.3 Å². The number of carbonyl (C=O) groups is 1. The predicted octanol–water partition coefficient (Wildman–Crippen LogP) is 8.53. The number of aryl methyl sites for hydroxylation is 1. The number of ketones is 1. The molecule has 0 spiro atoms. The molecule has 0 saturated heterocycles. The summed E-state index contributed by atoms with van der Waals surface area (Å²) in [6, 6.07) is 11.5. The Kier molecular flexibility index (Phi) is 7.46. The summed E-state index contributed by atoms with van der Waals surface area (Å²) in [5.74, 6) is 2.12. The molecule has 2 saturated carbocycles. The Balaban J connectivity index is 1.23.